The minimum atomic E-state index is -0.150. The Hall–Kier alpha value is -1.12. The number of hydrogen-bond donors (Lipinski definition) is 1. The molecule has 0 spiro atoms. The van der Waals surface area contributed by atoms with Crippen molar-refractivity contribution in [3.63, 3.8) is 0 Å². The van der Waals surface area contributed by atoms with Crippen LogP contribution in [0.3, 0.4) is 0 Å². The van der Waals surface area contributed by atoms with E-state index in [0.717, 1.165) is 0 Å². The van der Waals surface area contributed by atoms with Crippen LogP contribution in [0.2, 0.25) is 0 Å². The molecule has 9 heavy (non-hydrogen) atoms. The first kappa shape index (κ1) is 6.01. The van der Waals surface area contributed by atoms with Crippen molar-refractivity contribution in [2.75, 3.05) is 0 Å². The fraction of sp³-hybridized carbons (Fsp3) is 0.167. The molecule has 0 aliphatic rings. The van der Waals surface area contributed by atoms with E-state index in [1.165, 1.54) is 6.20 Å². The van der Waals surface area contributed by atoms with E-state index < -0.39 is 0 Å². The van der Waals surface area contributed by atoms with Gasteiger partial charge in [-0.05, 0) is 6.92 Å². The molecule has 0 aromatic carbocycles. The fourth-order valence-corrected chi connectivity index (χ4v) is 0.467. The van der Waals surface area contributed by atoms with Gasteiger partial charge >= 0.3 is 0 Å². The molecule has 3 nitrogen and oxygen atoms in total. The van der Waals surface area contributed by atoms with Gasteiger partial charge in [0.1, 0.15) is 5.82 Å². The Morgan fingerprint density at radius 2 is 2.33 bits per heavy atom. The van der Waals surface area contributed by atoms with Gasteiger partial charge in [0.15, 0.2) is 0 Å². The Kier molecular flexibility index (Phi) is 1.34. The highest BCUT2D eigenvalue weighted by molar-refractivity contribution is 5.24. The Morgan fingerprint density at radius 1 is 1.67 bits per heavy atom. The summed E-state index contributed by atoms with van der Waals surface area (Å²) in [6, 6.07) is 0. The summed E-state index contributed by atoms with van der Waals surface area (Å²) < 4.78 is 0. The lowest BCUT2D eigenvalue weighted by Gasteiger charge is -1.94. The quantitative estimate of drug-likeness (QED) is 0.546. The van der Waals surface area contributed by atoms with Crippen molar-refractivity contribution in [2.45, 2.75) is 6.92 Å². The standard InChI is InChI=1S/C6H6N2O/c1-4-3-7-5(2)8-6(4)9/h1,3H,2H3,(H,7,8,9). The molecule has 1 aromatic rings. The summed E-state index contributed by atoms with van der Waals surface area (Å²) in [6.07, 6.45) is 1.37. The Balaban J connectivity index is 3.17. The minimum absolute atomic E-state index is 0.150. The van der Waals surface area contributed by atoms with Crippen LogP contribution in [0.15, 0.2) is 6.20 Å². The highest BCUT2D eigenvalue weighted by atomic mass is 16.3. The van der Waals surface area contributed by atoms with Crippen LogP contribution in [-0.4, -0.2) is 15.1 Å². The average Bonchev–Trinajstić information content (AvgIpc) is 1.80. The maximum Gasteiger partial charge on any atom is 0.217 e. The van der Waals surface area contributed by atoms with Crippen LogP contribution >= 0.6 is 0 Å². The SMILES string of the molecule is [CH]c1cnc(C)nc1O. The number of hydrogen-bond acceptors (Lipinski definition) is 3. The second-order valence-corrected chi connectivity index (χ2v) is 1.70. The Morgan fingerprint density at radius 3 is 2.78 bits per heavy atom. The third-order valence-corrected chi connectivity index (χ3v) is 0.916. The molecule has 0 amide bonds. The lowest BCUT2D eigenvalue weighted by Crippen LogP contribution is -1.87. The van der Waals surface area contributed by atoms with Crippen LogP contribution in [0.4, 0.5) is 0 Å². The van der Waals surface area contributed by atoms with Crippen molar-refractivity contribution in [3.8, 4) is 5.88 Å². The van der Waals surface area contributed by atoms with Crippen molar-refractivity contribution in [3.05, 3.63) is 24.5 Å². The zero-order valence-corrected chi connectivity index (χ0v) is 5.00. The average molecular weight is 122 g/mol. The van der Waals surface area contributed by atoms with E-state index in [1.807, 2.05) is 0 Å². The third kappa shape index (κ3) is 1.16. The Labute approximate surface area is 53.4 Å². The van der Waals surface area contributed by atoms with E-state index in [-0.39, 0.29) is 11.4 Å². The molecule has 0 aliphatic heterocycles. The lowest BCUT2D eigenvalue weighted by atomic mass is 10.4. The van der Waals surface area contributed by atoms with Gasteiger partial charge in [-0.1, -0.05) is 0 Å². The van der Waals surface area contributed by atoms with Gasteiger partial charge in [0, 0.05) is 18.7 Å². The summed E-state index contributed by atoms with van der Waals surface area (Å²) in [5.74, 6) is 0.365. The molecule has 2 radical (unpaired) electrons. The highest BCUT2D eigenvalue weighted by Gasteiger charge is 1.95. The van der Waals surface area contributed by atoms with Crippen LogP contribution in [0, 0.1) is 13.8 Å². The molecule has 1 heterocycles. The van der Waals surface area contributed by atoms with Crippen molar-refractivity contribution in [2.24, 2.45) is 0 Å². The summed E-state index contributed by atoms with van der Waals surface area (Å²) in [5, 5.41) is 8.82. The van der Waals surface area contributed by atoms with E-state index in [9.17, 15) is 0 Å². The van der Waals surface area contributed by atoms with Crippen molar-refractivity contribution in [1.29, 1.82) is 0 Å². The van der Waals surface area contributed by atoms with Gasteiger partial charge in [0.2, 0.25) is 5.88 Å². The third-order valence-electron chi connectivity index (χ3n) is 0.916. The van der Waals surface area contributed by atoms with Crippen LogP contribution in [0.1, 0.15) is 11.4 Å². The number of aromatic nitrogens is 2. The molecule has 46 valence electrons. The van der Waals surface area contributed by atoms with E-state index in [1.54, 1.807) is 6.92 Å². The molecule has 0 saturated heterocycles. The van der Waals surface area contributed by atoms with Crippen LogP contribution < -0.4 is 0 Å². The normalized spacial score (nSPS) is 9.56. The Bertz CT molecular complexity index is 222. The van der Waals surface area contributed by atoms with E-state index in [0.29, 0.717) is 5.82 Å². The monoisotopic (exact) mass is 122 g/mol. The first-order valence-corrected chi connectivity index (χ1v) is 2.48. The fourth-order valence-electron chi connectivity index (χ4n) is 0.467. The maximum atomic E-state index is 8.82. The van der Waals surface area contributed by atoms with E-state index in [2.05, 4.69) is 9.97 Å². The number of nitrogens with zero attached hydrogens (tertiary/aromatic N) is 2. The first-order chi connectivity index (χ1) is 4.20. The second-order valence-electron chi connectivity index (χ2n) is 1.70. The van der Waals surface area contributed by atoms with Gasteiger partial charge in [-0.15, -0.1) is 0 Å². The van der Waals surface area contributed by atoms with Gasteiger partial charge in [0.05, 0.1) is 0 Å². The minimum Gasteiger partial charge on any atom is -0.493 e. The zero-order chi connectivity index (χ0) is 6.85. The number of aryl methyl sites for hydroxylation is 1. The van der Waals surface area contributed by atoms with Gasteiger partial charge in [0.25, 0.3) is 0 Å². The van der Waals surface area contributed by atoms with Crippen molar-refractivity contribution < 1.29 is 5.11 Å². The van der Waals surface area contributed by atoms with Crippen LogP contribution in [0.5, 0.6) is 5.88 Å². The highest BCUT2D eigenvalue weighted by Crippen LogP contribution is 2.08. The van der Waals surface area contributed by atoms with Crippen LogP contribution in [0.25, 0.3) is 0 Å². The number of aromatic hydroxyl groups is 1. The van der Waals surface area contributed by atoms with E-state index >= 15 is 0 Å². The smallest absolute Gasteiger partial charge is 0.217 e. The van der Waals surface area contributed by atoms with E-state index in [4.69, 9.17) is 12.0 Å². The topological polar surface area (TPSA) is 46.0 Å². The maximum absolute atomic E-state index is 8.82. The molecule has 1 N–H and O–H groups in total. The second kappa shape index (κ2) is 2.01. The predicted octanol–water partition coefficient (Wildman–Crippen LogP) is 0.550. The van der Waals surface area contributed by atoms with Crippen molar-refractivity contribution in [1.82, 2.24) is 9.97 Å². The van der Waals surface area contributed by atoms with Crippen LogP contribution in [-0.2, 0) is 0 Å². The summed E-state index contributed by atoms with van der Waals surface area (Å²) in [6.45, 7) is 6.89. The number of rotatable bonds is 0. The molecule has 0 saturated carbocycles. The molecular formula is C6H6N2O. The van der Waals surface area contributed by atoms with Crippen molar-refractivity contribution >= 4 is 0 Å². The van der Waals surface area contributed by atoms with Gasteiger partial charge in [-0.25, -0.2) is 4.98 Å². The van der Waals surface area contributed by atoms with Gasteiger partial charge in [-0.2, -0.15) is 4.98 Å². The summed E-state index contributed by atoms with van der Waals surface area (Å²) in [5.41, 5.74) is 0.209. The molecule has 0 atom stereocenters. The summed E-state index contributed by atoms with van der Waals surface area (Å²) in [7, 11) is 0. The summed E-state index contributed by atoms with van der Waals surface area (Å²) in [4.78, 5) is 7.34. The first-order valence-electron chi connectivity index (χ1n) is 2.48. The molecule has 1 rings (SSSR count). The molecular weight excluding hydrogens is 116 g/mol. The molecule has 3 heteroatoms. The largest absolute Gasteiger partial charge is 0.493 e. The lowest BCUT2D eigenvalue weighted by molar-refractivity contribution is 0.447. The summed E-state index contributed by atoms with van der Waals surface area (Å²) >= 11 is 0. The zero-order valence-electron chi connectivity index (χ0n) is 5.00. The molecule has 0 unspecified atom stereocenters. The predicted molar refractivity (Wildman–Crippen MR) is 31.8 cm³/mol. The molecule has 0 aliphatic carbocycles. The van der Waals surface area contributed by atoms with Gasteiger partial charge < -0.3 is 5.11 Å². The van der Waals surface area contributed by atoms with Gasteiger partial charge in [-0.3, -0.25) is 0 Å². The molecule has 1 aromatic heterocycles. The molecule has 0 bridgehead atoms. The molecule has 0 fully saturated rings.